The molecular weight excluding hydrogens is 366 g/mol. The minimum absolute atomic E-state index is 0.0806. The summed E-state index contributed by atoms with van der Waals surface area (Å²) in [5, 5.41) is 10.4. The van der Waals surface area contributed by atoms with Gasteiger partial charge in [0.25, 0.3) is 5.56 Å². The molecule has 4 rings (SSSR count). The molecule has 26 heavy (non-hydrogen) atoms. The lowest BCUT2D eigenvalue weighted by atomic mass is 9.89. The second-order valence-electron chi connectivity index (χ2n) is 7.23. The van der Waals surface area contributed by atoms with E-state index in [9.17, 15) is 4.79 Å². The first-order valence-electron chi connectivity index (χ1n) is 9.33. The number of thiophene rings is 1. The molecule has 1 aliphatic carbocycles. The Morgan fingerprint density at radius 2 is 2.35 bits per heavy atom. The molecule has 2 aromatic rings. The van der Waals surface area contributed by atoms with Crippen molar-refractivity contribution < 1.29 is 4.74 Å². The van der Waals surface area contributed by atoms with Crippen molar-refractivity contribution in [1.82, 2.24) is 9.55 Å². The average Bonchev–Trinajstić information content (AvgIpc) is 3.25. The minimum atomic E-state index is 0.0806. The Morgan fingerprint density at radius 1 is 1.46 bits per heavy atom. The van der Waals surface area contributed by atoms with E-state index in [-0.39, 0.29) is 11.7 Å². The van der Waals surface area contributed by atoms with Crippen LogP contribution in [0, 0.1) is 17.2 Å². The Kier molecular flexibility index (Phi) is 5.35. The molecule has 3 heterocycles. The number of aromatic nitrogens is 2. The maximum atomic E-state index is 13.4. The van der Waals surface area contributed by atoms with Crippen molar-refractivity contribution in [1.29, 1.82) is 5.26 Å². The highest BCUT2D eigenvalue weighted by molar-refractivity contribution is 7.99. The quantitative estimate of drug-likeness (QED) is 0.442. The van der Waals surface area contributed by atoms with Crippen LogP contribution in [0.25, 0.3) is 10.2 Å². The minimum Gasteiger partial charge on any atom is -0.376 e. The maximum Gasteiger partial charge on any atom is 0.263 e. The lowest BCUT2D eigenvalue weighted by molar-refractivity contribution is 0.0937. The summed E-state index contributed by atoms with van der Waals surface area (Å²) in [6.45, 7) is 3.62. The summed E-state index contributed by atoms with van der Waals surface area (Å²) in [6, 6.07) is 2.17. The summed E-state index contributed by atoms with van der Waals surface area (Å²) in [6.07, 6.45) is 5.77. The summed E-state index contributed by atoms with van der Waals surface area (Å²) >= 11 is 3.20. The van der Waals surface area contributed by atoms with Gasteiger partial charge in [-0.3, -0.25) is 9.36 Å². The SMILES string of the molecule is C[C@H]1CCc2c(sc3nc(SCCC#N)n(C[C@H]4CCCO4)c(=O)c23)C1. The second-order valence-corrected chi connectivity index (χ2v) is 9.38. The average molecular weight is 390 g/mol. The number of aryl methyl sites for hydroxylation is 1. The molecule has 138 valence electrons. The highest BCUT2D eigenvalue weighted by Crippen LogP contribution is 2.36. The van der Waals surface area contributed by atoms with Gasteiger partial charge in [0.2, 0.25) is 0 Å². The smallest absolute Gasteiger partial charge is 0.263 e. The van der Waals surface area contributed by atoms with Crippen LogP contribution < -0.4 is 5.56 Å². The maximum absolute atomic E-state index is 13.4. The van der Waals surface area contributed by atoms with Gasteiger partial charge in [-0.15, -0.1) is 11.3 Å². The Morgan fingerprint density at radius 3 is 3.12 bits per heavy atom. The third-order valence-electron chi connectivity index (χ3n) is 5.24. The standard InChI is InChI=1S/C19H23N3O2S2/c1-12-5-6-14-15(10-12)26-17-16(14)18(23)22(11-13-4-2-8-24-13)19(21-17)25-9-3-7-20/h12-13H,2-6,8-11H2,1H3/t12-,13+/m0/s1. The van der Waals surface area contributed by atoms with Crippen LogP contribution in [0.5, 0.6) is 0 Å². The van der Waals surface area contributed by atoms with Gasteiger partial charge in [-0.05, 0) is 43.6 Å². The van der Waals surface area contributed by atoms with Crippen molar-refractivity contribution in [2.75, 3.05) is 12.4 Å². The first kappa shape index (κ1) is 18.0. The van der Waals surface area contributed by atoms with Crippen molar-refractivity contribution in [3.05, 3.63) is 20.8 Å². The van der Waals surface area contributed by atoms with Crippen molar-refractivity contribution in [3.8, 4) is 6.07 Å². The molecule has 0 amide bonds. The van der Waals surface area contributed by atoms with Crippen LogP contribution in [0.15, 0.2) is 9.95 Å². The van der Waals surface area contributed by atoms with E-state index in [0.29, 0.717) is 24.6 Å². The van der Waals surface area contributed by atoms with Crippen LogP contribution >= 0.6 is 23.1 Å². The van der Waals surface area contributed by atoms with E-state index in [1.165, 1.54) is 22.2 Å². The zero-order valence-electron chi connectivity index (χ0n) is 15.0. The molecule has 2 aliphatic rings. The molecule has 5 nitrogen and oxygen atoms in total. The van der Waals surface area contributed by atoms with E-state index in [2.05, 4.69) is 13.0 Å². The molecule has 0 spiro atoms. The van der Waals surface area contributed by atoms with Crippen molar-refractivity contribution >= 4 is 33.3 Å². The number of ether oxygens (including phenoxy) is 1. The predicted octanol–water partition coefficient (Wildman–Crippen LogP) is 3.77. The van der Waals surface area contributed by atoms with Crippen LogP contribution in [-0.2, 0) is 24.1 Å². The van der Waals surface area contributed by atoms with E-state index >= 15 is 0 Å². The van der Waals surface area contributed by atoms with Crippen LogP contribution in [-0.4, -0.2) is 28.0 Å². The summed E-state index contributed by atoms with van der Waals surface area (Å²) in [5.41, 5.74) is 1.31. The van der Waals surface area contributed by atoms with Gasteiger partial charge in [-0.25, -0.2) is 4.98 Å². The molecule has 0 N–H and O–H groups in total. The topological polar surface area (TPSA) is 67.9 Å². The molecule has 0 aromatic carbocycles. The third kappa shape index (κ3) is 3.42. The van der Waals surface area contributed by atoms with Crippen LogP contribution in [0.1, 0.15) is 43.0 Å². The van der Waals surface area contributed by atoms with Gasteiger partial charge in [0.05, 0.1) is 24.1 Å². The Bertz CT molecular complexity index is 906. The highest BCUT2D eigenvalue weighted by atomic mass is 32.2. The molecule has 1 fully saturated rings. The van der Waals surface area contributed by atoms with Gasteiger partial charge in [-0.2, -0.15) is 5.26 Å². The van der Waals surface area contributed by atoms with Crippen LogP contribution in [0.4, 0.5) is 0 Å². The summed E-state index contributed by atoms with van der Waals surface area (Å²) in [5.74, 6) is 1.33. The molecular formula is C19H23N3O2S2. The number of rotatable bonds is 5. The van der Waals surface area contributed by atoms with E-state index in [1.54, 1.807) is 11.3 Å². The number of thioether (sulfide) groups is 1. The van der Waals surface area contributed by atoms with Gasteiger partial charge >= 0.3 is 0 Å². The summed E-state index contributed by atoms with van der Waals surface area (Å²) < 4.78 is 7.58. The monoisotopic (exact) mass is 389 g/mol. The van der Waals surface area contributed by atoms with E-state index in [4.69, 9.17) is 15.0 Å². The van der Waals surface area contributed by atoms with E-state index in [0.717, 1.165) is 54.1 Å². The third-order valence-corrected chi connectivity index (χ3v) is 7.36. The number of hydrogen-bond donors (Lipinski definition) is 0. The first-order valence-corrected chi connectivity index (χ1v) is 11.1. The Hall–Kier alpha value is -1.36. The van der Waals surface area contributed by atoms with Crippen LogP contribution in [0.3, 0.4) is 0 Å². The molecule has 0 unspecified atom stereocenters. The van der Waals surface area contributed by atoms with Gasteiger partial charge < -0.3 is 4.74 Å². The fraction of sp³-hybridized carbons (Fsp3) is 0.632. The van der Waals surface area contributed by atoms with Gasteiger partial charge in [0.1, 0.15) is 4.83 Å². The van der Waals surface area contributed by atoms with Crippen LogP contribution in [0.2, 0.25) is 0 Å². The molecule has 0 saturated carbocycles. The molecule has 1 saturated heterocycles. The first-order chi connectivity index (χ1) is 12.7. The van der Waals surface area contributed by atoms with Gasteiger partial charge in [0, 0.05) is 23.7 Å². The summed E-state index contributed by atoms with van der Waals surface area (Å²) in [4.78, 5) is 20.5. The number of nitrogens with zero attached hydrogens (tertiary/aromatic N) is 3. The highest BCUT2D eigenvalue weighted by Gasteiger charge is 2.26. The molecule has 0 radical (unpaired) electrons. The second kappa shape index (κ2) is 7.71. The predicted molar refractivity (Wildman–Crippen MR) is 105 cm³/mol. The van der Waals surface area contributed by atoms with Crippen molar-refractivity contribution in [3.63, 3.8) is 0 Å². The zero-order chi connectivity index (χ0) is 18.1. The molecule has 2 atom stereocenters. The molecule has 0 bridgehead atoms. The Labute approximate surface area is 161 Å². The normalized spacial score (nSPS) is 22.5. The zero-order valence-corrected chi connectivity index (χ0v) is 16.6. The van der Waals surface area contributed by atoms with Crippen molar-refractivity contribution in [2.45, 2.75) is 63.3 Å². The van der Waals surface area contributed by atoms with E-state index in [1.807, 2.05) is 4.57 Å². The van der Waals surface area contributed by atoms with E-state index < -0.39 is 0 Å². The number of hydrogen-bond acceptors (Lipinski definition) is 6. The number of nitriles is 1. The fourth-order valence-electron chi connectivity index (χ4n) is 3.86. The van der Waals surface area contributed by atoms with Gasteiger partial charge in [-0.1, -0.05) is 18.7 Å². The molecule has 2 aromatic heterocycles. The lowest BCUT2D eigenvalue weighted by Gasteiger charge is -2.18. The largest absolute Gasteiger partial charge is 0.376 e. The van der Waals surface area contributed by atoms with Gasteiger partial charge in [0.15, 0.2) is 5.16 Å². The lowest BCUT2D eigenvalue weighted by Crippen LogP contribution is -2.29. The molecule has 7 heteroatoms. The summed E-state index contributed by atoms with van der Waals surface area (Å²) in [7, 11) is 0. The Balaban J connectivity index is 1.79. The van der Waals surface area contributed by atoms with Crippen molar-refractivity contribution in [2.24, 2.45) is 5.92 Å². The fourth-order valence-corrected chi connectivity index (χ4v) is 6.13. The molecule has 1 aliphatic heterocycles. The number of fused-ring (bicyclic) bond motifs is 3.